The van der Waals surface area contributed by atoms with E-state index in [1.54, 1.807) is 12.1 Å². The van der Waals surface area contributed by atoms with Gasteiger partial charge in [0, 0.05) is 17.1 Å². The molecule has 0 atom stereocenters. The minimum atomic E-state index is -3.67. The summed E-state index contributed by atoms with van der Waals surface area (Å²) in [4.78, 5) is 10.5. The predicted molar refractivity (Wildman–Crippen MR) is 58.7 cm³/mol. The van der Waals surface area contributed by atoms with Crippen LogP contribution in [0.5, 0.6) is 0 Å². The van der Waals surface area contributed by atoms with Crippen LogP contribution in [0.3, 0.4) is 0 Å². The second-order valence-electron chi connectivity index (χ2n) is 2.94. The Bertz CT molecular complexity index is 451. The van der Waals surface area contributed by atoms with Crippen molar-refractivity contribution in [3.63, 3.8) is 0 Å². The average Bonchev–Trinajstić information content (AvgIpc) is 2.14. The Morgan fingerprint density at radius 1 is 1.20 bits per heavy atom. The average molecular weight is 267 g/mol. The second kappa shape index (κ2) is 4.96. The van der Waals surface area contributed by atoms with Gasteiger partial charge in [0.2, 0.25) is 5.24 Å². The summed E-state index contributed by atoms with van der Waals surface area (Å²) in [6, 6.07) is 6.01. The van der Waals surface area contributed by atoms with E-state index in [1.807, 2.05) is 0 Å². The predicted octanol–water partition coefficient (Wildman–Crippen LogP) is 2.31. The Morgan fingerprint density at radius 2 is 1.73 bits per heavy atom. The summed E-state index contributed by atoms with van der Waals surface area (Å²) < 4.78 is 21.8. The zero-order valence-corrected chi connectivity index (χ0v) is 9.94. The van der Waals surface area contributed by atoms with E-state index in [-0.39, 0.29) is 11.3 Å². The van der Waals surface area contributed by atoms with Crippen molar-refractivity contribution in [2.75, 3.05) is 0 Å². The molecule has 0 aromatic heterocycles. The van der Waals surface area contributed by atoms with E-state index in [1.165, 1.54) is 12.1 Å². The molecule has 3 nitrogen and oxygen atoms in total. The van der Waals surface area contributed by atoms with Crippen molar-refractivity contribution in [3.8, 4) is 0 Å². The van der Waals surface area contributed by atoms with Crippen LogP contribution < -0.4 is 0 Å². The van der Waals surface area contributed by atoms with Gasteiger partial charge in [-0.1, -0.05) is 12.1 Å². The van der Waals surface area contributed by atoms with Crippen LogP contribution in [0.1, 0.15) is 12.0 Å². The second-order valence-corrected chi connectivity index (χ2v) is 5.92. The summed E-state index contributed by atoms with van der Waals surface area (Å²) in [7, 11) is 1.46. The maximum atomic E-state index is 10.9. The molecule has 0 aliphatic rings. The van der Waals surface area contributed by atoms with Crippen molar-refractivity contribution in [1.82, 2.24) is 0 Å². The molecule has 1 aromatic carbocycles. The number of hydrogen-bond donors (Lipinski definition) is 0. The molecule has 0 fully saturated rings. The fraction of sp³-hybridized carbons (Fsp3) is 0.222. The normalized spacial score (nSPS) is 11.3. The summed E-state index contributed by atoms with van der Waals surface area (Å²) in [6.45, 7) is 0. The van der Waals surface area contributed by atoms with E-state index in [2.05, 4.69) is 0 Å². The largest absolute Gasteiger partial charge is 0.281 e. The SMILES string of the molecule is O=C(Cl)CCc1ccc(S(=O)(=O)Cl)cc1. The molecule has 0 aliphatic carbocycles. The van der Waals surface area contributed by atoms with Gasteiger partial charge in [-0.2, -0.15) is 0 Å². The van der Waals surface area contributed by atoms with Crippen LogP contribution in [0.15, 0.2) is 29.2 Å². The Hall–Kier alpha value is -0.580. The van der Waals surface area contributed by atoms with Gasteiger partial charge in [-0.15, -0.1) is 0 Å². The van der Waals surface area contributed by atoms with Crippen LogP contribution in [0, 0.1) is 0 Å². The van der Waals surface area contributed by atoms with Crippen LogP contribution in [0.25, 0.3) is 0 Å². The minimum Gasteiger partial charge on any atom is -0.281 e. The fourth-order valence-electron chi connectivity index (χ4n) is 1.06. The Kier molecular flexibility index (Phi) is 4.13. The summed E-state index contributed by atoms with van der Waals surface area (Å²) in [6.07, 6.45) is 0.722. The molecule has 1 rings (SSSR count). The molecule has 0 bridgehead atoms. The third-order valence-corrected chi connectivity index (χ3v) is 3.37. The van der Waals surface area contributed by atoms with Gasteiger partial charge in [0.1, 0.15) is 0 Å². The molecule has 0 amide bonds. The molecule has 0 spiro atoms. The van der Waals surface area contributed by atoms with E-state index in [0.717, 1.165) is 5.56 Å². The van der Waals surface area contributed by atoms with Gasteiger partial charge in [-0.05, 0) is 35.7 Å². The van der Waals surface area contributed by atoms with Gasteiger partial charge in [0.15, 0.2) is 0 Å². The first-order valence-corrected chi connectivity index (χ1v) is 6.80. The van der Waals surface area contributed by atoms with E-state index in [0.29, 0.717) is 6.42 Å². The molecular formula is C9H8Cl2O3S. The van der Waals surface area contributed by atoms with E-state index < -0.39 is 14.3 Å². The highest BCUT2D eigenvalue weighted by molar-refractivity contribution is 8.13. The van der Waals surface area contributed by atoms with Crippen molar-refractivity contribution in [3.05, 3.63) is 29.8 Å². The van der Waals surface area contributed by atoms with Crippen LogP contribution in [0.4, 0.5) is 0 Å². The highest BCUT2D eigenvalue weighted by Gasteiger charge is 2.08. The first kappa shape index (κ1) is 12.5. The first-order valence-electron chi connectivity index (χ1n) is 4.11. The van der Waals surface area contributed by atoms with Crippen molar-refractivity contribution in [1.29, 1.82) is 0 Å². The molecule has 0 unspecified atom stereocenters. The Balaban J connectivity index is 2.77. The molecule has 0 radical (unpaired) electrons. The van der Waals surface area contributed by atoms with Gasteiger partial charge in [-0.25, -0.2) is 8.42 Å². The summed E-state index contributed by atoms with van der Waals surface area (Å²) >= 11 is 5.18. The summed E-state index contributed by atoms with van der Waals surface area (Å²) in [5.41, 5.74) is 0.841. The summed E-state index contributed by atoms with van der Waals surface area (Å²) in [5, 5.41) is -0.413. The van der Waals surface area contributed by atoms with Crippen LogP contribution in [0.2, 0.25) is 0 Å². The van der Waals surface area contributed by atoms with E-state index in [9.17, 15) is 13.2 Å². The van der Waals surface area contributed by atoms with Gasteiger partial charge >= 0.3 is 0 Å². The molecular weight excluding hydrogens is 259 g/mol. The molecule has 6 heteroatoms. The number of carbonyl (C=O) groups excluding carboxylic acids is 1. The van der Waals surface area contributed by atoms with Crippen LogP contribution in [-0.4, -0.2) is 13.7 Å². The van der Waals surface area contributed by atoms with Gasteiger partial charge in [0.05, 0.1) is 4.90 Å². The number of aryl methyl sites for hydroxylation is 1. The van der Waals surface area contributed by atoms with Crippen LogP contribution >= 0.6 is 22.3 Å². The number of benzene rings is 1. The maximum Gasteiger partial charge on any atom is 0.261 e. The molecule has 15 heavy (non-hydrogen) atoms. The lowest BCUT2D eigenvalue weighted by molar-refractivity contribution is -0.111. The lowest BCUT2D eigenvalue weighted by Crippen LogP contribution is -1.94. The number of hydrogen-bond acceptors (Lipinski definition) is 3. The van der Waals surface area contributed by atoms with E-state index >= 15 is 0 Å². The molecule has 0 heterocycles. The number of rotatable bonds is 4. The molecule has 0 saturated heterocycles. The van der Waals surface area contributed by atoms with Crippen molar-refractivity contribution < 1.29 is 13.2 Å². The van der Waals surface area contributed by atoms with Gasteiger partial charge in [0.25, 0.3) is 9.05 Å². The molecule has 1 aromatic rings. The van der Waals surface area contributed by atoms with Crippen molar-refractivity contribution in [2.45, 2.75) is 17.7 Å². The molecule has 82 valence electrons. The highest BCUT2D eigenvalue weighted by atomic mass is 35.7. The monoisotopic (exact) mass is 266 g/mol. The number of carbonyl (C=O) groups is 1. The Labute approximate surface area is 97.4 Å². The fourth-order valence-corrected chi connectivity index (χ4v) is 1.93. The zero-order valence-electron chi connectivity index (χ0n) is 7.61. The molecule has 0 aliphatic heterocycles. The zero-order chi connectivity index (χ0) is 11.5. The molecule has 0 saturated carbocycles. The molecule has 0 N–H and O–H groups in total. The Morgan fingerprint density at radius 3 is 2.13 bits per heavy atom. The third kappa shape index (κ3) is 4.20. The smallest absolute Gasteiger partial charge is 0.261 e. The third-order valence-electron chi connectivity index (χ3n) is 1.82. The topological polar surface area (TPSA) is 51.2 Å². The quantitative estimate of drug-likeness (QED) is 0.786. The summed E-state index contributed by atoms with van der Waals surface area (Å²) in [5.74, 6) is 0. The lowest BCUT2D eigenvalue weighted by atomic mass is 10.1. The van der Waals surface area contributed by atoms with Crippen molar-refractivity contribution in [2.24, 2.45) is 0 Å². The number of halogens is 2. The van der Waals surface area contributed by atoms with Crippen LogP contribution in [-0.2, 0) is 20.3 Å². The van der Waals surface area contributed by atoms with E-state index in [4.69, 9.17) is 22.3 Å². The standard InChI is InChI=1S/C9H8Cl2O3S/c10-9(12)6-3-7-1-4-8(5-2-7)15(11,13)14/h1-2,4-5H,3,6H2. The first-order chi connectivity index (χ1) is 6.89. The van der Waals surface area contributed by atoms with Crippen molar-refractivity contribution >= 4 is 36.6 Å². The lowest BCUT2D eigenvalue weighted by Gasteiger charge is -1.99. The van der Waals surface area contributed by atoms with Gasteiger partial charge in [-0.3, -0.25) is 4.79 Å². The van der Waals surface area contributed by atoms with Gasteiger partial charge < -0.3 is 0 Å². The minimum absolute atomic E-state index is 0.0464. The highest BCUT2D eigenvalue weighted by Crippen LogP contribution is 2.16. The maximum absolute atomic E-state index is 10.9.